The monoisotopic (exact) mass is 394 g/mol. The molecule has 0 spiro atoms. The quantitative estimate of drug-likeness (QED) is 0.678. The molecule has 0 aliphatic carbocycles. The topological polar surface area (TPSA) is 57.7 Å². The highest BCUT2D eigenvalue weighted by Crippen LogP contribution is 2.39. The molecular formula is C22H22N2O3S. The third-order valence-electron chi connectivity index (χ3n) is 5.27. The molecule has 5 nitrogen and oxygen atoms in total. The van der Waals surface area contributed by atoms with Crippen LogP contribution in [0.2, 0.25) is 0 Å². The molecule has 0 saturated heterocycles. The van der Waals surface area contributed by atoms with Gasteiger partial charge in [0.05, 0.1) is 10.6 Å². The van der Waals surface area contributed by atoms with Gasteiger partial charge in [0.15, 0.2) is 5.78 Å². The van der Waals surface area contributed by atoms with E-state index in [1.165, 1.54) is 11.2 Å². The number of para-hydroxylation sites is 1. The highest BCUT2D eigenvalue weighted by Gasteiger charge is 2.41. The summed E-state index contributed by atoms with van der Waals surface area (Å²) in [5, 5.41) is 1.51. The number of carbonyl (C=O) groups excluding carboxylic acids is 1. The van der Waals surface area contributed by atoms with Crippen LogP contribution in [0.3, 0.4) is 0 Å². The summed E-state index contributed by atoms with van der Waals surface area (Å²) in [7, 11) is -0.0633. The van der Waals surface area contributed by atoms with Crippen molar-refractivity contribution >= 4 is 38.0 Å². The summed E-state index contributed by atoms with van der Waals surface area (Å²) < 4.78 is 28.8. The Balaban J connectivity index is 1.96. The lowest BCUT2D eigenvalue weighted by Gasteiger charge is -2.26. The molecule has 0 bridgehead atoms. The summed E-state index contributed by atoms with van der Waals surface area (Å²) in [5.41, 5.74) is 2.41. The predicted octanol–water partition coefficient (Wildman–Crippen LogP) is 3.61. The molecule has 0 fully saturated rings. The normalized spacial score (nSPS) is 16.2. The molecule has 1 atom stereocenters. The first kappa shape index (κ1) is 18.5. The zero-order valence-electron chi connectivity index (χ0n) is 16.1. The molecule has 0 radical (unpaired) electrons. The number of benzene rings is 3. The molecule has 0 aromatic heterocycles. The second-order valence-corrected chi connectivity index (χ2v) is 9.07. The fourth-order valence-corrected chi connectivity index (χ4v) is 5.86. The van der Waals surface area contributed by atoms with Crippen LogP contribution in [0.1, 0.15) is 12.5 Å². The number of hydrogen-bond acceptors (Lipinski definition) is 4. The summed E-state index contributed by atoms with van der Waals surface area (Å²) >= 11 is 0. The Morgan fingerprint density at radius 3 is 2.36 bits per heavy atom. The lowest BCUT2D eigenvalue weighted by atomic mass is 10.1. The Morgan fingerprint density at radius 1 is 0.964 bits per heavy atom. The second-order valence-electron chi connectivity index (χ2n) is 7.28. The van der Waals surface area contributed by atoms with Gasteiger partial charge >= 0.3 is 0 Å². The number of sulfonamides is 1. The molecule has 0 N–H and O–H groups in total. The summed E-state index contributed by atoms with van der Waals surface area (Å²) in [4.78, 5) is 14.5. The van der Waals surface area contributed by atoms with Gasteiger partial charge < -0.3 is 4.90 Å². The van der Waals surface area contributed by atoms with Crippen LogP contribution in [-0.2, 0) is 21.2 Å². The summed E-state index contributed by atoms with van der Waals surface area (Å²) in [6, 6.07) is 17.5. The molecule has 3 aromatic rings. The fraction of sp³-hybridized carbons (Fsp3) is 0.227. The molecule has 0 amide bonds. The smallest absolute Gasteiger partial charge is 0.265 e. The number of anilines is 2. The van der Waals surface area contributed by atoms with Gasteiger partial charge in [0.1, 0.15) is 6.04 Å². The van der Waals surface area contributed by atoms with Crippen molar-refractivity contribution in [2.24, 2.45) is 0 Å². The molecular weight excluding hydrogens is 372 g/mol. The third kappa shape index (κ3) is 2.76. The standard InChI is InChI=1S/C22H22N2O3S/c1-15(25)21-14-16-8-4-5-11-19(16)24(21)28(26,27)22-13-7-9-17-18(22)10-6-12-20(17)23(2)3/h4-13,21H,14H2,1-3H3. The number of fused-ring (bicyclic) bond motifs is 2. The molecule has 0 saturated carbocycles. The van der Waals surface area contributed by atoms with Crippen LogP contribution in [0, 0.1) is 0 Å². The average Bonchev–Trinajstić information content (AvgIpc) is 3.07. The number of nitrogens with zero attached hydrogens (tertiary/aromatic N) is 2. The first-order valence-corrected chi connectivity index (χ1v) is 10.6. The van der Waals surface area contributed by atoms with E-state index in [2.05, 4.69) is 0 Å². The van der Waals surface area contributed by atoms with E-state index in [4.69, 9.17) is 0 Å². The van der Waals surface area contributed by atoms with E-state index in [0.29, 0.717) is 17.5 Å². The maximum atomic E-state index is 13.8. The van der Waals surface area contributed by atoms with Crippen molar-refractivity contribution in [2.75, 3.05) is 23.3 Å². The average molecular weight is 394 g/mol. The van der Waals surface area contributed by atoms with Crippen LogP contribution in [0.4, 0.5) is 11.4 Å². The molecule has 4 rings (SSSR count). The van der Waals surface area contributed by atoms with Crippen molar-refractivity contribution < 1.29 is 13.2 Å². The fourth-order valence-electron chi connectivity index (χ4n) is 3.95. The van der Waals surface area contributed by atoms with Gasteiger partial charge in [-0.15, -0.1) is 0 Å². The van der Waals surface area contributed by atoms with E-state index in [1.54, 1.807) is 24.3 Å². The van der Waals surface area contributed by atoms with Crippen molar-refractivity contribution in [3.8, 4) is 0 Å². The van der Waals surface area contributed by atoms with Gasteiger partial charge in [-0.1, -0.05) is 42.5 Å². The van der Waals surface area contributed by atoms with Crippen molar-refractivity contribution in [1.82, 2.24) is 0 Å². The minimum absolute atomic E-state index is 0.158. The number of Topliss-reactive ketones (excluding diaryl/α,β-unsaturated/α-hetero) is 1. The lowest BCUT2D eigenvalue weighted by Crippen LogP contribution is -2.42. The summed E-state index contributed by atoms with van der Waals surface area (Å²) in [5.74, 6) is -0.158. The Bertz CT molecular complexity index is 1190. The maximum absolute atomic E-state index is 13.8. The zero-order valence-corrected chi connectivity index (χ0v) is 16.9. The second kappa shape index (κ2) is 6.63. The van der Waals surface area contributed by atoms with Gasteiger partial charge in [0.25, 0.3) is 10.0 Å². The molecule has 6 heteroatoms. The number of carbonyl (C=O) groups is 1. The molecule has 1 aliphatic rings. The molecule has 144 valence electrons. The highest BCUT2D eigenvalue weighted by molar-refractivity contribution is 7.93. The van der Waals surface area contributed by atoms with Gasteiger partial charge in [0.2, 0.25) is 0 Å². The predicted molar refractivity (Wildman–Crippen MR) is 113 cm³/mol. The number of rotatable bonds is 4. The van der Waals surface area contributed by atoms with Crippen LogP contribution in [-0.4, -0.2) is 34.3 Å². The van der Waals surface area contributed by atoms with Gasteiger partial charge in [-0.25, -0.2) is 8.42 Å². The summed E-state index contributed by atoms with van der Waals surface area (Å²) in [6.07, 6.45) is 0.401. The van der Waals surface area contributed by atoms with Gasteiger partial charge in [0, 0.05) is 37.0 Å². The largest absolute Gasteiger partial charge is 0.377 e. The van der Waals surface area contributed by atoms with Gasteiger partial charge in [-0.3, -0.25) is 9.10 Å². The molecule has 1 aliphatic heterocycles. The van der Waals surface area contributed by atoms with Crippen LogP contribution in [0.5, 0.6) is 0 Å². The molecule has 3 aromatic carbocycles. The van der Waals surface area contributed by atoms with Gasteiger partial charge in [-0.05, 0) is 30.7 Å². The Kier molecular flexibility index (Phi) is 4.38. The lowest BCUT2D eigenvalue weighted by molar-refractivity contribution is -0.117. The molecule has 28 heavy (non-hydrogen) atoms. The Labute approximate surface area is 165 Å². The summed E-state index contributed by atoms with van der Waals surface area (Å²) in [6.45, 7) is 1.45. The first-order valence-electron chi connectivity index (χ1n) is 9.14. The van der Waals surface area contributed by atoms with E-state index in [0.717, 1.165) is 16.6 Å². The minimum Gasteiger partial charge on any atom is -0.377 e. The van der Waals surface area contributed by atoms with Crippen LogP contribution in [0.25, 0.3) is 10.8 Å². The maximum Gasteiger partial charge on any atom is 0.265 e. The minimum atomic E-state index is -3.92. The van der Waals surface area contributed by atoms with E-state index in [-0.39, 0.29) is 10.7 Å². The van der Waals surface area contributed by atoms with E-state index in [9.17, 15) is 13.2 Å². The SMILES string of the molecule is CC(=O)C1Cc2ccccc2N1S(=O)(=O)c1cccc2c(N(C)C)cccc12. The van der Waals surface area contributed by atoms with Crippen LogP contribution >= 0.6 is 0 Å². The molecule has 1 unspecified atom stereocenters. The zero-order chi connectivity index (χ0) is 20.1. The third-order valence-corrected chi connectivity index (χ3v) is 7.15. The van der Waals surface area contributed by atoms with E-state index < -0.39 is 16.1 Å². The Hall–Kier alpha value is -2.86. The van der Waals surface area contributed by atoms with Crippen molar-refractivity contribution in [3.63, 3.8) is 0 Å². The number of ketones is 1. The highest BCUT2D eigenvalue weighted by atomic mass is 32.2. The van der Waals surface area contributed by atoms with Crippen molar-refractivity contribution in [2.45, 2.75) is 24.3 Å². The Morgan fingerprint density at radius 2 is 1.64 bits per heavy atom. The van der Waals surface area contributed by atoms with Crippen LogP contribution < -0.4 is 9.21 Å². The van der Waals surface area contributed by atoms with E-state index >= 15 is 0 Å². The van der Waals surface area contributed by atoms with Gasteiger partial charge in [-0.2, -0.15) is 0 Å². The van der Waals surface area contributed by atoms with E-state index in [1.807, 2.05) is 55.4 Å². The van der Waals surface area contributed by atoms with Crippen molar-refractivity contribution in [3.05, 3.63) is 66.2 Å². The van der Waals surface area contributed by atoms with Crippen molar-refractivity contribution in [1.29, 1.82) is 0 Å². The first-order chi connectivity index (χ1) is 13.3. The number of hydrogen-bond donors (Lipinski definition) is 0. The van der Waals surface area contributed by atoms with Crippen LogP contribution in [0.15, 0.2) is 65.6 Å². The molecule has 1 heterocycles.